The number of rotatable bonds is 6. The zero-order chi connectivity index (χ0) is 26.2. The summed E-state index contributed by atoms with van der Waals surface area (Å²) in [5, 5.41) is 21.0. The molecule has 14 heteroatoms. The highest BCUT2D eigenvalue weighted by Gasteiger charge is 2.41. The number of anilines is 3. The number of ether oxygens (including phenoxy) is 1. The second-order valence-corrected chi connectivity index (χ2v) is 8.54. The number of urea groups is 1. The summed E-state index contributed by atoms with van der Waals surface area (Å²) < 4.78 is 44.9. The number of halogens is 3. The number of nitrogens with zero attached hydrogens (tertiary/aromatic N) is 6. The van der Waals surface area contributed by atoms with Crippen molar-refractivity contribution in [2.75, 3.05) is 41.4 Å². The van der Waals surface area contributed by atoms with Crippen LogP contribution in [-0.2, 0) is 6.18 Å². The molecule has 0 aliphatic carbocycles. The molecule has 1 unspecified atom stereocenters. The SMILES string of the molecule is O=C(Nc1ccnc(OCC(O)CO)n1)N1c2nc(-c3cccc(C(F)(F)F)c3)ncc2N2CC[C@H]1C2. The van der Waals surface area contributed by atoms with Crippen molar-refractivity contribution >= 4 is 23.4 Å². The van der Waals surface area contributed by atoms with E-state index < -0.39 is 30.5 Å². The van der Waals surface area contributed by atoms with Crippen LogP contribution in [-0.4, -0.2) is 74.6 Å². The lowest BCUT2D eigenvalue weighted by Crippen LogP contribution is -2.48. The highest BCUT2D eigenvalue weighted by molar-refractivity contribution is 6.04. The van der Waals surface area contributed by atoms with Gasteiger partial charge < -0.3 is 19.8 Å². The molecule has 2 aliphatic heterocycles. The van der Waals surface area contributed by atoms with Gasteiger partial charge >= 0.3 is 18.2 Å². The second kappa shape index (κ2) is 9.78. The summed E-state index contributed by atoms with van der Waals surface area (Å²) in [7, 11) is 0. The molecule has 0 saturated carbocycles. The zero-order valence-corrected chi connectivity index (χ0v) is 19.3. The number of hydrogen-bond acceptors (Lipinski definition) is 9. The third kappa shape index (κ3) is 5.11. The summed E-state index contributed by atoms with van der Waals surface area (Å²) in [4.78, 5) is 33.7. The monoisotopic (exact) mass is 517 g/mol. The van der Waals surface area contributed by atoms with Crippen LogP contribution in [0.4, 0.5) is 35.3 Å². The summed E-state index contributed by atoms with van der Waals surface area (Å²) in [6.45, 7) is 0.504. The number of aliphatic hydroxyl groups is 2. The van der Waals surface area contributed by atoms with Crippen molar-refractivity contribution in [3.63, 3.8) is 0 Å². The Morgan fingerprint density at radius 2 is 2.08 bits per heavy atom. The lowest BCUT2D eigenvalue weighted by molar-refractivity contribution is -0.137. The molecule has 37 heavy (non-hydrogen) atoms. The van der Waals surface area contributed by atoms with E-state index >= 15 is 0 Å². The highest BCUT2D eigenvalue weighted by Crippen LogP contribution is 2.40. The predicted octanol–water partition coefficient (Wildman–Crippen LogP) is 2.32. The molecule has 1 aromatic carbocycles. The van der Waals surface area contributed by atoms with Gasteiger partial charge in [0, 0.05) is 24.8 Å². The number of alkyl halides is 3. The van der Waals surface area contributed by atoms with Gasteiger partial charge in [-0.2, -0.15) is 18.2 Å². The van der Waals surface area contributed by atoms with Crippen LogP contribution in [0, 0.1) is 0 Å². The lowest BCUT2D eigenvalue weighted by atomic mass is 10.1. The third-order valence-electron chi connectivity index (χ3n) is 6.00. The maximum Gasteiger partial charge on any atom is 0.416 e. The van der Waals surface area contributed by atoms with Crippen molar-refractivity contribution in [3.8, 4) is 17.4 Å². The van der Waals surface area contributed by atoms with Crippen molar-refractivity contribution in [2.24, 2.45) is 0 Å². The average Bonchev–Trinajstić information content (AvgIpc) is 3.31. The van der Waals surface area contributed by atoms with Gasteiger partial charge in [0.05, 0.1) is 30.1 Å². The normalized spacial score (nSPS) is 17.4. The van der Waals surface area contributed by atoms with Crippen LogP contribution >= 0.6 is 0 Å². The van der Waals surface area contributed by atoms with Crippen molar-refractivity contribution in [1.82, 2.24) is 19.9 Å². The van der Waals surface area contributed by atoms with Gasteiger partial charge in [0.2, 0.25) is 0 Å². The van der Waals surface area contributed by atoms with E-state index in [1.165, 1.54) is 35.5 Å². The fraction of sp³-hybridized carbons (Fsp3) is 0.348. The molecule has 2 amide bonds. The van der Waals surface area contributed by atoms with E-state index in [0.29, 0.717) is 25.2 Å². The molecule has 0 radical (unpaired) electrons. The Kier molecular flexibility index (Phi) is 6.52. The molecule has 11 nitrogen and oxygen atoms in total. The molecule has 4 heterocycles. The fourth-order valence-electron chi connectivity index (χ4n) is 4.22. The molecular weight excluding hydrogens is 495 g/mol. The van der Waals surface area contributed by atoms with Crippen molar-refractivity contribution in [2.45, 2.75) is 24.7 Å². The van der Waals surface area contributed by atoms with Crippen molar-refractivity contribution < 1.29 is 32.9 Å². The van der Waals surface area contributed by atoms with Crippen LogP contribution in [0.25, 0.3) is 11.4 Å². The minimum absolute atomic E-state index is 0.0605. The number of carbonyl (C=O) groups excluding carboxylic acids is 1. The van der Waals surface area contributed by atoms with Gasteiger partial charge in [-0.05, 0) is 24.6 Å². The van der Waals surface area contributed by atoms with Crippen LogP contribution < -0.4 is 19.9 Å². The summed E-state index contributed by atoms with van der Waals surface area (Å²) in [5.41, 5.74) is -0.0454. The van der Waals surface area contributed by atoms with Gasteiger partial charge in [-0.15, -0.1) is 0 Å². The smallest absolute Gasteiger partial charge is 0.416 e. The first kappa shape index (κ1) is 24.6. The topological polar surface area (TPSA) is 137 Å². The van der Waals surface area contributed by atoms with Gasteiger partial charge in [-0.3, -0.25) is 10.2 Å². The Morgan fingerprint density at radius 3 is 2.86 bits per heavy atom. The number of benzene rings is 1. The van der Waals surface area contributed by atoms with E-state index in [-0.39, 0.29) is 41.7 Å². The Bertz CT molecular complexity index is 1310. The molecule has 2 aliphatic rings. The number of carbonyl (C=O) groups is 1. The number of hydrogen-bond donors (Lipinski definition) is 3. The molecule has 1 fully saturated rings. The molecular formula is C23H22F3N7O4. The van der Waals surface area contributed by atoms with Gasteiger partial charge in [0.15, 0.2) is 11.6 Å². The first-order valence-corrected chi connectivity index (χ1v) is 11.4. The summed E-state index contributed by atoms with van der Waals surface area (Å²) >= 11 is 0. The fourth-order valence-corrected chi connectivity index (χ4v) is 4.22. The zero-order valence-electron chi connectivity index (χ0n) is 19.3. The van der Waals surface area contributed by atoms with Crippen LogP contribution in [0.1, 0.15) is 12.0 Å². The molecule has 1 saturated heterocycles. The molecule has 2 aromatic heterocycles. The van der Waals surface area contributed by atoms with Gasteiger partial charge in [-0.1, -0.05) is 12.1 Å². The van der Waals surface area contributed by atoms with E-state index in [9.17, 15) is 23.1 Å². The van der Waals surface area contributed by atoms with E-state index in [1.807, 2.05) is 4.90 Å². The predicted molar refractivity (Wildman–Crippen MR) is 125 cm³/mol. The largest absolute Gasteiger partial charge is 0.461 e. The number of amides is 2. The molecule has 0 spiro atoms. The van der Waals surface area contributed by atoms with Crippen LogP contribution in [0.15, 0.2) is 42.7 Å². The van der Waals surface area contributed by atoms with E-state index in [2.05, 4.69) is 25.3 Å². The minimum Gasteiger partial charge on any atom is -0.461 e. The first-order valence-electron chi connectivity index (χ1n) is 11.4. The first-order chi connectivity index (χ1) is 17.7. The molecule has 5 rings (SSSR count). The van der Waals surface area contributed by atoms with Gasteiger partial charge in [0.1, 0.15) is 18.5 Å². The quantitative estimate of drug-likeness (QED) is 0.450. The second-order valence-electron chi connectivity index (χ2n) is 8.54. The molecule has 3 aromatic rings. The van der Waals surface area contributed by atoms with E-state index in [4.69, 9.17) is 9.84 Å². The van der Waals surface area contributed by atoms with E-state index in [0.717, 1.165) is 12.1 Å². The summed E-state index contributed by atoms with van der Waals surface area (Å²) in [6.07, 6.45) is -2.08. The highest BCUT2D eigenvalue weighted by atomic mass is 19.4. The maximum atomic E-state index is 13.4. The molecule has 3 N–H and O–H groups in total. The minimum atomic E-state index is -4.52. The Hall–Kier alpha value is -4.04. The maximum absolute atomic E-state index is 13.4. The third-order valence-corrected chi connectivity index (χ3v) is 6.00. The summed E-state index contributed by atoms with van der Waals surface area (Å²) in [6, 6.07) is 5.30. The summed E-state index contributed by atoms with van der Waals surface area (Å²) in [5.74, 6) is 0.471. The lowest BCUT2D eigenvalue weighted by Gasteiger charge is -2.35. The number of aliphatic hydroxyl groups excluding tert-OH is 2. The molecule has 2 atom stereocenters. The van der Waals surface area contributed by atoms with Crippen LogP contribution in [0.5, 0.6) is 6.01 Å². The van der Waals surface area contributed by atoms with E-state index in [1.54, 1.807) is 0 Å². The Labute approximate surface area is 208 Å². The van der Waals surface area contributed by atoms with Gasteiger partial charge in [0.25, 0.3) is 0 Å². The number of fused-ring (bicyclic) bond motifs is 4. The number of nitrogens with one attached hydrogen (secondary N) is 1. The van der Waals surface area contributed by atoms with Crippen molar-refractivity contribution in [3.05, 3.63) is 48.3 Å². The Morgan fingerprint density at radius 1 is 1.24 bits per heavy atom. The molecule has 2 bridgehead atoms. The van der Waals surface area contributed by atoms with Crippen LogP contribution in [0.3, 0.4) is 0 Å². The van der Waals surface area contributed by atoms with Crippen LogP contribution in [0.2, 0.25) is 0 Å². The van der Waals surface area contributed by atoms with Crippen molar-refractivity contribution in [1.29, 1.82) is 0 Å². The van der Waals surface area contributed by atoms with Gasteiger partial charge in [-0.25, -0.2) is 19.7 Å². The molecule has 194 valence electrons. The Balaban J connectivity index is 1.42. The standard InChI is InChI=1S/C23H22F3N7O4/c24-23(25,26)14-3-1-2-13(8-14)19-28-9-17-20(31-19)33(15-5-7-32(17)10-15)22(36)30-18-4-6-27-21(29-18)37-12-16(35)11-34/h1-4,6,8-9,15-16,34-35H,5,7,10-12H2,(H,27,29,30,36)/t15-,16?/m0/s1. The average molecular weight is 517 g/mol. The number of aromatic nitrogens is 4.